The van der Waals surface area contributed by atoms with Crippen LogP contribution < -0.4 is 5.32 Å². The molecule has 0 radical (unpaired) electrons. The van der Waals surface area contributed by atoms with Gasteiger partial charge in [-0.15, -0.1) is 0 Å². The summed E-state index contributed by atoms with van der Waals surface area (Å²) >= 11 is 0. The summed E-state index contributed by atoms with van der Waals surface area (Å²) in [5.74, 6) is -0.344. The number of hydrogen-bond acceptors (Lipinski definition) is 4. The first-order valence-corrected chi connectivity index (χ1v) is 9.82. The van der Waals surface area contributed by atoms with Crippen LogP contribution in [0.5, 0.6) is 0 Å². The Hall–Kier alpha value is -2.57. The summed E-state index contributed by atoms with van der Waals surface area (Å²) in [6.07, 6.45) is 3.58. The number of rotatable bonds is 7. The molecule has 0 saturated carbocycles. The highest BCUT2D eigenvalue weighted by Gasteiger charge is 2.21. The van der Waals surface area contributed by atoms with Crippen LogP contribution in [-0.2, 0) is 15.5 Å². The van der Waals surface area contributed by atoms with Gasteiger partial charge in [-0.2, -0.15) is 0 Å². The van der Waals surface area contributed by atoms with Crippen molar-refractivity contribution in [2.45, 2.75) is 12.5 Å². The Kier molecular flexibility index (Phi) is 5.98. The van der Waals surface area contributed by atoms with E-state index in [1.807, 2.05) is 36.4 Å². The minimum atomic E-state index is -4.64. The molecule has 1 amide bonds. The molecule has 1 aromatic heterocycles. The van der Waals surface area contributed by atoms with Crippen molar-refractivity contribution >= 4 is 24.5 Å². The van der Waals surface area contributed by atoms with E-state index in [-0.39, 0.29) is 12.5 Å². The molecule has 8 heteroatoms. The summed E-state index contributed by atoms with van der Waals surface area (Å²) in [7, 11) is -4.64. The highest BCUT2D eigenvalue weighted by molar-refractivity contribution is 7.46. The van der Waals surface area contributed by atoms with Gasteiger partial charge in [0.25, 0.3) is 5.91 Å². The number of pyridine rings is 1. The van der Waals surface area contributed by atoms with Gasteiger partial charge in [-0.3, -0.25) is 14.3 Å². The second-order valence-corrected chi connectivity index (χ2v) is 7.32. The molecular formula is C19H19N2O5P. The number of nitrogens with zero attached hydrogens (tertiary/aromatic N) is 1. The van der Waals surface area contributed by atoms with E-state index in [2.05, 4.69) is 14.8 Å². The molecule has 0 aliphatic rings. The number of phosphoric ester groups is 1. The van der Waals surface area contributed by atoms with Crippen molar-refractivity contribution < 1.29 is 23.7 Å². The van der Waals surface area contributed by atoms with Crippen molar-refractivity contribution in [2.24, 2.45) is 0 Å². The van der Waals surface area contributed by atoms with Crippen LogP contribution in [0.15, 0.2) is 67.0 Å². The van der Waals surface area contributed by atoms with Crippen LogP contribution in [0.4, 0.5) is 0 Å². The monoisotopic (exact) mass is 386 g/mol. The van der Waals surface area contributed by atoms with Crippen molar-refractivity contribution in [3.63, 3.8) is 0 Å². The molecule has 2 aromatic carbocycles. The molecular weight excluding hydrogens is 367 g/mol. The predicted octanol–water partition coefficient (Wildman–Crippen LogP) is 2.69. The molecule has 0 fully saturated rings. The molecule has 3 rings (SSSR count). The first kappa shape index (κ1) is 19.2. The van der Waals surface area contributed by atoms with E-state index in [0.29, 0.717) is 12.0 Å². The molecule has 1 heterocycles. The first-order chi connectivity index (χ1) is 12.9. The Bertz CT molecular complexity index is 974. The number of benzene rings is 2. The standard InChI is InChI=1S/C19H19N2O5P/c22-19(17-8-7-15-5-1-2-6-16(15)11-17)21-18(13-26-27(23,24)25)10-14-4-3-9-20-12-14/h1-9,11-12,18H,10,13H2,(H,21,22)(H2,23,24,25)/t18-/m1/s1. The molecule has 3 aromatic rings. The lowest BCUT2D eigenvalue weighted by Crippen LogP contribution is -2.39. The van der Waals surface area contributed by atoms with Crippen LogP contribution in [0.1, 0.15) is 15.9 Å². The zero-order chi connectivity index (χ0) is 19.3. The maximum atomic E-state index is 12.6. The highest BCUT2D eigenvalue weighted by atomic mass is 31.2. The molecule has 0 unspecified atom stereocenters. The van der Waals surface area contributed by atoms with E-state index in [9.17, 15) is 9.36 Å². The molecule has 140 valence electrons. The number of amides is 1. The second kappa shape index (κ2) is 8.41. The SMILES string of the molecule is O=C(N[C@@H](COP(=O)(O)O)Cc1cccnc1)c1ccc2ccccc2c1. The van der Waals surface area contributed by atoms with Crippen molar-refractivity contribution in [2.75, 3.05) is 6.61 Å². The highest BCUT2D eigenvalue weighted by Crippen LogP contribution is 2.35. The predicted molar refractivity (Wildman–Crippen MR) is 101 cm³/mol. The Morgan fingerprint density at radius 1 is 1.11 bits per heavy atom. The van der Waals surface area contributed by atoms with Gasteiger partial charge in [-0.05, 0) is 41.0 Å². The quantitative estimate of drug-likeness (QED) is 0.539. The normalized spacial score (nSPS) is 12.7. The minimum absolute atomic E-state index is 0.321. The maximum Gasteiger partial charge on any atom is 0.469 e. The molecule has 1 atom stereocenters. The van der Waals surface area contributed by atoms with Crippen molar-refractivity contribution in [3.8, 4) is 0 Å². The van der Waals surface area contributed by atoms with Gasteiger partial charge in [-0.25, -0.2) is 4.57 Å². The summed E-state index contributed by atoms with van der Waals surface area (Å²) < 4.78 is 15.6. The lowest BCUT2D eigenvalue weighted by atomic mass is 10.1. The summed E-state index contributed by atoms with van der Waals surface area (Å²) in [6.45, 7) is -0.321. The van der Waals surface area contributed by atoms with Crippen LogP contribution in [0.2, 0.25) is 0 Å². The van der Waals surface area contributed by atoms with Gasteiger partial charge in [0.1, 0.15) is 0 Å². The lowest BCUT2D eigenvalue weighted by molar-refractivity contribution is 0.0909. The van der Waals surface area contributed by atoms with Crippen LogP contribution in [0, 0.1) is 0 Å². The van der Waals surface area contributed by atoms with Crippen molar-refractivity contribution in [1.82, 2.24) is 10.3 Å². The van der Waals surface area contributed by atoms with Crippen LogP contribution >= 0.6 is 7.82 Å². The third kappa shape index (κ3) is 5.70. The minimum Gasteiger partial charge on any atom is -0.347 e. The fraction of sp³-hybridized carbons (Fsp3) is 0.158. The van der Waals surface area contributed by atoms with Gasteiger partial charge in [-0.1, -0.05) is 36.4 Å². The molecule has 0 bridgehead atoms. The number of carbonyl (C=O) groups excluding carboxylic acids is 1. The number of aromatic nitrogens is 1. The molecule has 0 spiro atoms. The third-order valence-electron chi connectivity index (χ3n) is 4.00. The number of hydrogen-bond donors (Lipinski definition) is 3. The Morgan fingerprint density at radius 2 is 1.89 bits per heavy atom. The van der Waals surface area contributed by atoms with Gasteiger partial charge in [0.05, 0.1) is 12.6 Å². The van der Waals surface area contributed by atoms with Gasteiger partial charge in [0, 0.05) is 18.0 Å². The molecule has 3 N–H and O–H groups in total. The maximum absolute atomic E-state index is 12.6. The van der Waals surface area contributed by atoms with E-state index in [1.165, 1.54) is 0 Å². The van der Waals surface area contributed by atoms with Crippen LogP contribution in [0.25, 0.3) is 10.8 Å². The van der Waals surface area contributed by atoms with Gasteiger partial charge >= 0.3 is 7.82 Å². The average molecular weight is 386 g/mol. The van der Waals surface area contributed by atoms with Gasteiger partial charge in [0.15, 0.2) is 0 Å². The topological polar surface area (TPSA) is 109 Å². The molecule has 27 heavy (non-hydrogen) atoms. The van der Waals surface area contributed by atoms with Gasteiger partial charge < -0.3 is 15.1 Å². The summed E-state index contributed by atoms with van der Waals surface area (Å²) in [5.41, 5.74) is 1.27. The molecule has 7 nitrogen and oxygen atoms in total. The number of carbonyl (C=O) groups is 1. The van der Waals surface area contributed by atoms with E-state index in [0.717, 1.165) is 16.3 Å². The third-order valence-corrected chi connectivity index (χ3v) is 4.48. The number of fused-ring (bicyclic) bond motifs is 1. The fourth-order valence-corrected chi connectivity index (χ4v) is 3.12. The molecule has 0 aliphatic heterocycles. The van der Waals surface area contributed by atoms with E-state index >= 15 is 0 Å². The van der Waals surface area contributed by atoms with Crippen LogP contribution in [-0.4, -0.2) is 33.3 Å². The number of phosphoric acid groups is 1. The summed E-state index contributed by atoms with van der Waals surface area (Å²) in [4.78, 5) is 34.6. The Balaban J connectivity index is 1.76. The van der Waals surface area contributed by atoms with Crippen LogP contribution in [0.3, 0.4) is 0 Å². The van der Waals surface area contributed by atoms with E-state index in [1.54, 1.807) is 30.6 Å². The van der Waals surface area contributed by atoms with Crippen molar-refractivity contribution in [1.29, 1.82) is 0 Å². The number of nitrogens with one attached hydrogen (secondary N) is 1. The zero-order valence-electron chi connectivity index (χ0n) is 14.4. The lowest BCUT2D eigenvalue weighted by Gasteiger charge is -2.19. The largest absolute Gasteiger partial charge is 0.469 e. The fourth-order valence-electron chi connectivity index (χ4n) is 2.74. The van der Waals surface area contributed by atoms with E-state index in [4.69, 9.17) is 9.79 Å². The smallest absolute Gasteiger partial charge is 0.347 e. The summed E-state index contributed by atoms with van der Waals surface area (Å²) in [5, 5.41) is 4.73. The zero-order valence-corrected chi connectivity index (χ0v) is 15.3. The molecule has 0 aliphatic carbocycles. The Labute approximate surface area is 156 Å². The average Bonchev–Trinajstić information content (AvgIpc) is 2.66. The first-order valence-electron chi connectivity index (χ1n) is 8.29. The van der Waals surface area contributed by atoms with Crippen molar-refractivity contribution in [3.05, 3.63) is 78.1 Å². The van der Waals surface area contributed by atoms with E-state index < -0.39 is 13.9 Å². The second-order valence-electron chi connectivity index (χ2n) is 6.08. The van der Waals surface area contributed by atoms with Gasteiger partial charge in [0.2, 0.25) is 0 Å². The molecule has 0 saturated heterocycles. The Morgan fingerprint density at radius 3 is 2.59 bits per heavy atom. The summed E-state index contributed by atoms with van der Waals surface area (Å²) in [6, 6.07) is 16.0.